The molecule has 0 amide bonds. The molecule has 0 unspecified atom stereocenters. The van der Waals surface area contributed by atoms with Crippen molar-refractivity contribution in [1.29, 1.82) is 0 Å². The highest BCUT2D eigenvalue weighted by Crippen LogP contribution is 2.38. The van der Waals surface area contributed by atoms with Gasteiger partial charge in [-0.1, -0.05) is 0 Å². The molecule has 7 heavy (non-hydrogen) atoms. The second kappa shape index (κ2) is 1.64. The molecule has 0 aromatic carbocycles. The van der Waals surface area contributed by atoms with Crippen molar-refractivity contribution in [2.75, 3.05) is 5.88 Å². The minimum absolute atomic E-state index is 0.332. The number of rotatable bonds is 2. The van der Waals surface area contributed by atoms with Crippen LogP contribution in [0.25, 0.3) is 0 Å². The molecule has 0 atom stereocenters. The van der Waals surface area contributed by atoms with E-state index in [1.807, 2.05) is 0 Å². The normalized spacial score (nSPS) is 24.9. The van der Waals surface area contributed by atoms with Gasteiger partial charge in [-0.3, -0.25) is 0 Å². The molecule has 1 aliphatic rings. The van der Waals surface area contributed by atoms with Gasteiger partial charge < -0.3 is 5.11 Å². The fourth-order valence-corrected chi connectivity index (χ4v) is 0.922. The van der Waals surface area contributed by atoms with E-state index >= 15 is 0 Å². The minimum Gasteiger partial charge on any atom is -0.390 e. The number of halogens is 1. The Hall–Kier alpha value is 0.250. The lowest BCUT2D eigenvalue weighted by atomic mass is 10.3. The van der Waals surface area contributed by atoms with Gasteiger partial charge in [0.05, 0.1) is 5.60 Å². The van der Waals surface area contributed by atoms with Gasteiger partial charge in [-0.05, 0) is 19.3 Å². The van der Waals surface area contributed by atoms with Crippen LogP contribution in [0.5, 0.6) is 0 Å². The third-order valence-electron chi connectivity index (χ3n) is 1.39. The monoisotopic (exact) mass is 120 g/mol. The maximum Gasteiger partial charge on any atom is 0.0661 e. The van der Waals surface area contributed by atoms with E-state index in [4.69, 9.17) is 16.7 Å². The second-order valence-corrected chi connectivity index (χ2v) is 2.54. The summed E-state index contributed by atoms with van der Waals surface area (Å²) in [6.07, 6.45) is 2.69. The number of hydrogen-bond acceptors (Lipinski definition) is 1. The SMILES string of the molecule is OC1(CCCl)CC1. The van der Waals surface area contributed by atoms with E-state index in [2.05, 4.69) is 0 Å². The van der Waals surface area contributed by atoms with E-state index in [-0.39, 0.29) is 5.60 Å². The summed E-state index contributed by atoms with van der Waals surface area (Å²) >= 11 is 5.37. The number of aliphatic hydroxyl groups is 1. The molecule has 1 fully saturated rings. The van der Waals surface area contributed by atoms with Crippen molar-refractivity contribution in [2.24, 2.45) is 0 Å². The summed E-state index contributed by atoms with van der Waals surface area (Å²) in [6, 6.07) is 0. The summed E-state index contributed by atoms with van der Waals surface area (Å²) in [5.74, 6) is 0.594. The van der Waals surface area contributed by atoms with E-state index < -0.39 is 0 Å². The lowest BCUT2D eigenvalue weighted by Crippen LogP contribution is -2.05. The number of alkyl halides is 1. The zero-order chi connectivity index (χ0) is 5.33. The van der Waals surface area contributed by atoms with Crippen LogP contribution in [0.2, 0.25) is 0 Å². The summed E-state index contributed by atoms with van der Waals surface area (Å²) in [6.45, 7) is 0. The van der Waals surface area contributed by atoms with Gasteiger partial charge in [0, 0.05) is 5.88 Å². The van der Waals surface area contributed by atoms with Gasteiger partial charge in [-0.15, -0.1) is 11.6 Å². The van der Waals surface area contributed by atoms with Crippen molar-refractivity contribution in [3.63, 3.8) is 0 Å². The molecule has 0 saturated heterocycles. The van der Waals surface area contributed by atoms with Crippen LogP contribution in [0.3, 0.4) is 0 Å². The summed E-state index contributed by atoms with van der Waals surface area (Å²) in [5, 5.41) is 9.04. The maximum atomic E-state index is 9.04. The van der Waals surface area contributed by atoms with Gasteiger partial charge in [-0.25, -0.2) is 0 Å². The van der Waals surface area contributed by atoms with Crippen LogP contribution in [0.4, 0.5) is 0 Å². The van der Waals surface area contributed by atoms with E-state index in [0.717, 1.165) is 19.3 Å². The van der Waals surface area contributed by atoms with Crippen molar-refractivity contribution in [1.82, 2.24) is 0 Å². The highest BCUT2D eigenvalue weighted by atomic mass is 35.5. The van der Waals surface area contributed by atoms with Crippen LogP contribution in [-0.4, -0.2) is 16.6 Å². The molecule has 0 spiro atoms. The maximum absolute atomic E-state index is 9.04. The first-order valence-corrected chi connectivity index (χ1v) is 3.09. The summed E-state index contributed by atoms with van der Waals surface area (Å²) in [7, 11) is 0. The highest BCUT2D eigenvalue weighted by molar-refractivity contribution is 6.17. The topological polar surface area (TPSA) is 20.2 Å². The Kier molecular flexibility index (Phi) is 1.26. The zero-order valence-electron chi connectivity index (χ0n) is 4.15. The third kappa shape index (κ3) is 1.32. The van der Waals surface area contributed by atoms with Crippen molar-refractivity contribution in [2.45, 2.75) is 24.9 Å². The Morgan fingerprint density at radius 3 is 2.29 bits per heavy atom. The molecule has 1 rings (SSSR count). The van der Waals surface area contributed by atoms with Gasteiger partial charge in [0.25, 0.3) is 0 Å². The average molecular weight is 121 g/mol. The Balaban J connectivity index is 2.13. The first-order chi connectivity index (χ1) is 3.27. The van der Waals surface area contributed by atoms with E-state index in [1.165, 1.54) is 0 Å². The fourth-order valence-electron chi connectivity index (χ4n) is 0.570. The molecule has 0 heterocycles. The van der Waals surface area contributed by atoms with E-state index in [0.29, 0.717) is 5.88 Å². The van der Waals surface area contributed by atoms with Gasteiger partial charge >= 0.3 is 0 Å². The van der Waals surface area contributed by atoms with E-state index in [1.54, 1.807) is 0 Å². The highest BCUT2D eigenvalue weighted by Gasteiger charge is 2.38. The molecule has 0 aromatic heterocycles. The van der Waals surface area contributed by atoms with Gasteiger partial charge in [0.2, 0.25) is 0 Å². The largest absolute Gasteiger partial charge is 0.390 e. The Bertz CT molecular complexity index is 68.5. The zero-order valence-corrected chi connectivity index (χ0v) is 4.91. The molecule has 0 radical (unpaired) electrons. The predicted molar refractivity (Wildman–Crippen MR) is 29.5 cm³/mol. The van der Waals surface area contributed by atoms with Crippen LogP contribution in [0.1, 0.15) is 19.3 Å². The van der Waals surface area contributed by atoms with Crippen LogP contribution in [0.15, 0.2) is 0 Å². The summed E-state index contributed by atoms with van der Waals surface area (Å²) in [4.78, 5) is 0. The molecular weight excluding hydrogens is 112 g/mol. The second-order valence-electron chi connectivity index (χ2n) is 2.16. The lowest BCUT2D eigenvalue weighted by molar-refractivity contribution is 0.147. The Morgan fingerprint density at radius 2 is 2.14 bits per heavy atom. The van der Waals surface area contributed by atoms with Crippen molar-refractivity contribution in [3.05, 3.63) is 0 Å². The predicted octanol–water partition coefficient (Wildman–Crippen LogP) is 1.14. The van der Waals surface area contributed by atoms with Crippen molar-refractivity contribution in [3.8, 4) is 0 Å². The molecular formula is C5H9ClO. The third-order valence-corrected chi connectivity index (χ3v) is 1.58. The lowest BCUT2D eigenvalue weighted by Gasteiger charge is -1.99. The van der Waals surface area contributed by atoms with Crippen molar-refractivity contribution < 1.29 is 5.11 Å². The Morgan fingerprint density at radius 1 is 1.57 bits per heavy atom. The minimum atomic E-state index is -0.332. The summed E-state index contributed by atoms with van der Waals surface area (Å²) < 4.78 is 0. The molecule has 0 aromatic rings. The standard InChI is InChI=1S/C5H9ClO/c6-4-3-5(7)1-2-5/h7H,1-4H2. The fraction of sp³-hybridized carbons (Fsp3) is 1.00. The molecule has 0 bridgehead atoms. The molecule has 2 heteroatoms. The first kappa shape index (κ1) is 5.39. The molecule has 1 aliphatic carbocycles. The van der Waals surface area contributed by atoms with Crippen LogP contribution in [-0.2, 0) is 0 Å². The van der Waals surface area contributed by atoms with Gasteiger partial charge in [-0.2, -0.15) is 0 Å². The van der Waals surface area contributed by atoms with Gasteiger partial charge in [0.15, 0.2) is 0 Å². The molecule has 1 N–H and O–H groups in total. The quantitative estimate of drug-likeness (QED) is 0.542. The number of hydrogen-bond donors (Lipinski definition) is 1. The Labute approximate surface area is 48.3 Å². The van der Waals surface area contributed by atoms with Crippen LogP contribution >= 0.6 is 11.6 Å². The average Bonchev–Trinajstić information content (AvgIpc) is 2.22. The molecule has 1 saturated carbocycles. The molecule has 42 valence electrons. The molecule has 1 nitrogen and oxygen atoms in total. The van der Waals surface area contributed by atoms with Crippen LogP contribution in [0, 0.1) is 0 Å². The smallest absolute Gasteiger partial charge is 0.0661 e. The molecule has 0 aliphatic heterocycles. The van der Waals surface area contributed by atoms with Gasteiger partial charge in [0.1, 0.15) is 0 Å². The first-order valence-electron chi connectivity index (χ1n) is 2.55. The van der Waals surface area contributed by atoms with Crippen molar-refractivity contribution >= 4 is 11.6 Å². The summed E-state index contributed by atoms with van der Waals surface area (Å²) in [5.41, 5.74) is -0.332. The van der Waals surface area contributed by atoms with Crippen LogP contribution < -0.4 is 0 Å². The van der Waals surface area contributed by atoms with E-state index in [9.17, 15) is 0 Å².